The van der Waals surface area contributed by atoms with Crippen LogP contribution in [0.15, 0.2) is 46.8 Å². The van der Waals surface area contributed by atoms with Crippen LogP contribution in [0.2, 0.25) is 0 Å². The van der Waals surface area contributed by atoms with Gasteiger partial charge in [-0.25, -0.2) is 9.59 Å². The molecule has 10 heteroatoms. The third-order valence-corrected chi connectivity index (χ3v) is 4.93. The lowest BCUT2D eigenvalue weighted by Gasteiger charge is -2.31. The summed E-state index contributed by atoms with van der Waals surface area (Å²) in [6.07, 6.45) is 0. The van der Waals surface area contributed by atoms with Crippen molar-refractivity contribution in [2.45, 2.75) is 59.1 Å². The molecule has 33 heavy (non-hydrogen) atoms. The molecule has 1 heterocycles. The number of hydrogen-bond acceptors (Lipinski definition) is 8. The molecule has 1 aromatic rings. The van der Waals surface area contributed by atoms with Crippen LogP contribution < -0.4 is 10.6 Å². The number of rotatable bonds is 6. The third kappa shape index (κ3) is 5.97. The summed E-state index contributed by atoms with van der Waals surface area (Å²) in [6.45, 7) is 9.93. The molecule has 1 aliphatic heterocycles. The number of nitrogens with zero attached hydrogens (tertiary/aromatic N) is 1. The Labute approximate surface area is 192 Å². The number of carbonyl (C=O) groups excluding carboxylic acids is 3. The maximum Gasteiger partial charge on any atom is 0.336 e. The molecule has 2 rings (SSSR count). The minimum absolute atomic E-state index is 0.136. The van der Waals surface area contributed by atoms with Crippen molar-refractivity contribution < 1.29 is 28.8 Å². The first-order valence-electron chi connectivity index (χ1n) is 10.3. The number of dihydropyridines is 1. The Morgan fingerprint density at radius 3 is 2.30 bits per heavy atom. The predicted molar refractivity (Wildman–Crippen MR) is 120 cm³/mol. The van der Waals surface area contributed by atoms with Crippen LogP contribution in [0.5, 0.6) is 0 Å². The molecule has 2 N–H and O–H groups in total. The Balaban J connectivity index is 2.54. The van der Waals surface area contributed by atoms with Crippen LogP contribution in [0.3, 0.4) is 0 Å². The van der Waals surface area contributed by atoms with E-state index in [2.05, 4.69) is 10.6 Å². The zero-order chi connectivity index (χ0) is 25.1. The van der Waals surface area contributed by atoms with Crippen LogP contribution in [0, 0.1) is 10.1 Å². The van der Waals surface area contributed by atoms with Crippen LogP contribution in [0.25, 0.3) is 0 Å². The molecule has 10 nitrogen and oxygen atoms in total. The van der Waals surface area contributed by atoms with Crippen LogP contribution in [0.1, 0.15) is 53.0 Å². The quantitative estimate of drug-likeness (QED) is 0.376. The van der Waals surface area contributed by atoms with Gasteiger partial charge in [0.15, 0.2) is 0 Å². The maximum absolute atomic E-state index is 13.3. The second-order valence-corrected chi connectivity index (χ2v) is 8.71. The van der Waals surface area contributed by atoms with Crippen molar-refractivity contribution in [1.29, 1.82) is 0 Å². The van der Waals surface area contributed by atoms with Gasteiger partial charge < -0.3 is 20.1 Å². The predicted octanol–water partition coefficient (Wildman–Crippen LogP) is 2.85. The molecule has 1 aliphatic rings. The molecule has 0 saturated heterocycles. The van der Waals surface area contributed by atoms with Gasteiger partial charge in [-0.05, 0) is 47.1 Å². The number of nitro benzene ring substituents is 1. The normalized spacial score (nSPS) is 17.1. The van der Waals surface area contributed by atoms with Gasteiger partial charge in [0, 0.05) is 29.1 Å². The number of ether oxygens (including phenoxy) is 2. The van der Waals surface area contributed by atoms with Crippen molar-refractivity contribution in [2.24, 2.45) is 0 Å². The van der Waals surface area contributed by atoms with Crippen molar-refractivity contribution in [3.05, 3.63) is 62.5 Å². The summed E-state index contributed by atoms with van der Waals surface area (Å²) in [5, 5.41) is 16.9. The Morgan fingerprint density at radius 1 is 1.15 bits per heavy atom. The zero-order valence-electron chi connectivity index (χ0n) is 19.8. The average molecular weight is 459 g/mol. The van der Waals surface area contributed by atoms with Gasteiger partial charge >= 0.3 is 11.9 Å². The topological polar surface area (TPSA) is 137 Å². The molecular weight excluding hydrogens is 430 g/mol. The Hall–Kier alpha value is -3.69. The number of non-ortho nitro benzene ring substituents is 1. The van der Waals surface area contributed by atoms with Crippen molar-refractivity contribution >= 4 is 23.5 Å². The first-order chi connectivity index (χ1) is 15.3. The van der Waals surface area contributed by atoms with E-state index in [0.717, 1.165) is 0 Å². The number of nitro groups is 1. The van der Waals surface area contributed by atoms with Gasteiger partial charge in [-0.15, -0.1) is 0 Å². The summed E-state index contributed by atoms with van der Waals surface area (Å²) in [5.74, 6) is -2.88. The molecule has 0 spiro atoms. The van der Waals surface area contributed by atoms with E-state index < -0.39 is 40.3 Å². The van der Waals surface area contributed by atoms with Crippen LogP contribution in [-0.4, -0.2) is 41.5 Å². The van der Waals surface area contributed by atoms with E-state index in [1.54, 1.807) is 40.7 Å². The van der Waals surface area contributed by atoms with Crippen molar-refractivity contribution in [2.75, 3.05) is 7.11 Å². The molecule has 2 atom stereocenters. The second-order valence-electron chi connectivity index (χ2n) is 8.71. The second kappa shape index (κ2) is 9.85. The zero-order valence-corrected chi connectivity index (χ0v) is 19.8. The summed E-state index contributed by atoms with van der Waals surface area (Å²) in [6, 6.07) is 4.73. The van der Waals surface area contributed by atoms with Crippen LogP contribution in [0.4, 0.5) is 5.69 Å². The van der Waals surface area contributed by atoms with Gasteiger partial charge in [-0.2, -0.15) is 0 Å². The summed E-state index contributed by atoms with van der Waals surface area (Å²) >= 11 is 0. The molecule has 1 amide bonds. The number of amides is 1. The summed E-state index contributed by atoms with van der Waals surface area (Å²) in [4.78, 5) is 49.1. The highest BCUT2D eigenvalue weighted by Gasteiger charge is 2.38. The molecule has 178 valence electrons. The molecule has 0 radical (unpaired) electrons. The first kappa shape index (κ1) is 25.6. The van der Waals surface area contributed by atoms with Gasteiger partial charge in [0.05, 0.1) is 23.5 Å². The van der Waals surface area contributed by atoms with Crippen molar-refractivity contribution in [3.63, 3.8) is 0 Å². The first-order valence-corrected chi connectivity index (χ1v) is 10.3. The third-order valence-electron chi connectivity index (χ3n) is 4.93. The van der Waals surface area contributed by atoms with E-state index in [1.165, 1.54) is 32.2 Å². The molecule has 0 saturated carbocycles. The number of allylic oxidation sites excluding steroid dienone is 2. The Kier molecular flexibility index (Phi) is 7.63. The van der Waals surface area contributed by atoms with Gasteiger partial charge in [-0.3, -0.25) is 14.9 Å². The lowest BCUT2D eigenvalue weighted by atomic mass is 9.80. The number of benzene rings is 1. The number of methoxy groups -OCH3 is 1. The largest absolute Gasteiger partial charge is 0.466 e. The number of nitrogens with one attached hydrogen (secondary N) is 2. The fourth-order valence-electron chi connectivity index (χ4n) is 3.55. The van der Waals surface area contributed by atoms with Gasteiger partial charge in [-0.1, -0.05) is 12.1 Å². The number of carbonyl (C=O) groups is 3. The van der Waals surface area contributed by atoms with E-state index in [0.29, 0.717) is 17.0 Å². The van der Waals surface area contributed by atoms with E-state index in [4.69, 9.17) is 9.47 Å². The fourth-order valence-corrected chi connectivity index (χ4v) is 3.55. The lowest BCUT2D eigenvalue weighted by molar-refractivity contribution is -0.384. The minimum atomic E-state index is -0.976. The molecule has 0 bridgehead atoms. The number of hydrogen-bond donors (Lipinski definition) is 2. The summed E-state index contributed by atoms with van der Waals surface area (Å²) in [7, 11) is 1.21. The summed E-state index contributed by atoms with van der Waals surface area (Å²) in [5.41, 5.74) is 0.599. The molecular formula is C23H29N3O7. The van der Waals surface area contributed by atoms with E-state index in [-0.39, 0.29) is 16.8 Å². The fraction of sp³-hybridized carbons (Fsp3) is 0.435. The highest BCUT2D eigenvalue weighted by atomic mass is 16.6. The molecule has 1 aromatic carbocycles. The number of esters is 2. The SMILES string of the molecule is COC(=O)C1=C(C)NC(C)=C(C(=O)NC(C)C(=O)OC(C)(C)C)[C@H]1c1cccc([N+](=O)[O-])c1. The smallest absolute Gasteiger partial charge is 0.336 e. The standard InChI is InChI=1S/C23H29N3O7/c1-12-17(20(27)25-14(3)21(28)33-23(4,5)6)19(18(13(2)24-12)22(29)32-7)15-9-8-10-16(11-15)26(30)31/h8-11,14,19,24H,1-7H3,(H,25,27)/t14?,19-/m1/s1. The van der Waals surface area contributed by atoms with E-state index >= 15 is 0 Å². The van der Waals surface area contributed by atoms with Crippen LogP contribution in [-0.2, 0) is 23.9 Å². The maximum atomic E-state index is 13.3. The Morgan fingerprint density at radius 2 is 1.76 bits per heavy atom. The van der Waals surface area contributed by atoms with Gasteiger partial charge in [0.25, 0.3) is 11.6 Å². The molecule has 1 unspecified atom stereocenters. The van der Waals surface area contributed by atoms with Gasteiger partial charge in [0.1, 0.15) is 11.6 Å². The van der Waals surface area contributed by atoms with Crippen molar-refractivity contribution in [1.82, 2.24) is 10.6 Å². The highest BCUT2D eigenvalue weighted by molar-refractivity contribution is 6.03. The lowest BCUT2D eigenvalue weighted by Crippen LogP contribution is -2.45. The minimum Gasteiger partial charge on any atom is -0.466 e. The molecule has 0 fully saturated rings. The average Bonchev–Trinajstić information content (AvgIpc) is 2.71. The monoisotopic (exact) mass is 459 g/mol. The highest BCUT2D eigenvalue weighted by Crippen LogP contribution is 2.39. The van der Waals surface area contributed by atoms with E-state index in [9.17, 15) is 24.5 Å². The molecule has 0 aliphatic carbocycles. The van der Waals surface area contributed by atoms with Crippen LogP contribution >= 0.6 is 0 Å². The molecule has 0 aromatic heterocycles. The Bertz CT molecular complexity index is 1050. The van der Waals surface area contributed by atoms with E-state index in [1.807, 2.05) is 0 Å². The van der Waals surface area contributed by atoms with Crippen molar-refractivity contribution in [3.8, 4) is 0 Å². The summed E-state index contributed by atoms with van der Waals surface area (Å²) < 4.78 is 10.2. The van der Waals surface area contributed by atoms with Gasteiger partial charge in [0.2, 0.25) is 0 Å².